The third-order valence-electron chi connectivity index (χ3n) is 5.83. The Morgan fingerprint density at radius 1 is 1.26 bits per heavy atom. The molecule has 2 aliphatic rings. The molecule has 1 saturated carbocycles. The monoisotopic (exact) mass is 436 g/mol. The van der Waals surface area contributed by atoms with Gasteiger partial charge in [0, 0.05) is 31.6 Å². The smallest absolute Gasteiger partial charge is 0.272 e. The Morgan fingerprint density at radius 2 is 2.06 bits per heavy atom. The highest BCUT2D eigenvalue weighted by Gasteiger charge is 2.31. The predicted octanol–water partition coefficient (Wildman–Crippen LogP) is 3.57. The fourth-order valence-corrected chi connectivity index (χ4v) is 4.26. The Morgan fingerprint density at radius 3 is 2.81 bits per heavy atom. The molecule has 1 heterocycles. The van der Waals surface area contributed by atoms with Crippen LogP contribution in [-0.4, -0.2) is 55.5 Å². The van der Waals surface area contributed by atoms with Crippen LogP contribution in [0.5, 0.6) is 5.75 Å². The van der Waals surface area contributed by atoms with Gasteiger partial charge in [-0.05, 0) is 43.9 Å². The van der Waals surface area contributed by atoms with E-state index in [2.05, 4.69) is 15.6 Å². The number of ether oxygens (including phenoxy) is 1. The molecule has 2 N–H and O–H groups in total. The van der Waals surface area contributed by atoms with Crippen LogP contribution in [-0.2, 0) is 11.3 Å². The summed E-state index contributed by atoms with van der Waals surface area (Å²) in [4.78, 5) is 19.4. The topological polar surface area (TPSA) is 66.0 Å². The maximum atomic E-state index is 12.8. The van der Waals surface area contributed by atoms with Gasteiger partial charge in [-0.15, -0.1) is 0 Å². The first kappa shape index (κ1) is 23.3. The predicted molar refractivity (Wildman–Crippen MR) is 117 cm³/mol. The number of nitrogens with zero attached hydrogens (tertiary/aromatic N) is 2. The zero-order chi connectivity index (χ0) is 22.1. The minimum Gasteiger partial charge on any atom is -0.488 e. The number of aliphatic imine (C=N–C) groups is 1. The largest absolute Gasteiger partial charge is 0.488 e. The highest BCUT2D eigenvalue weighted by Crippen LogP contribution is 2.26. The SMILES string of the molecule is CCNC(=NCc1cccc(OCC(F)F)c1)NC1CCN(C(=O)C2CCCCC2)C1. The quantitative estimate of drug-likeness (QED) is 0.483. The van der Waals surface area contributed by atoms with Gasteiger partial charge in [0.1, 0.15) is 12.4 Å². The molecule has 2 fully saturated rings. The highest BCUT2D eigenvalue weighted by atomic mass is 19.3. The summed E-state index contributed by atoms with van der Waals surface area (Å²) in [6.45, 7) is 4.00. The molecule has 0 spiro atoms. The van der Waals surface area contributed by atoms with Gasteiger partial charge in [0.05, 0.1) is 6.54 Å². The number of amides is 1. The van der Waals surface area contributed by atoms with E-state index in [1.165, 1.54) is 6.42 Å². The third-order valence-corrected chi connectivity index (χ3v) is 5.83. The van der Waals surface area contributed by atoms with Gasteiger partial charge in [-0.2, -0.15) is 0 Å². The van der Waals surface area contributed by atoms with Gasteiger partial charge in [0.15, 0.2) is 5.96 Å². The molecule has 3 rings (SSSR count). The molecule has 1 aromatic carbocycles. The number of carbonyl (C=O) groups excluding carboxylic acids is 1. The summed E-state index contributed by atoms with van der Waals surface area (Å²) in [6, 6.07) is 7.23. The van der Waals surface area contributed by atoms with Gasteiger partial charge in [0.25, 0.3) is 6.43 Å². The molecule has 1 aromatic rings. The number of hydrogen-bond donors (Lipinski definition) is 2. The number of nitrogens with one attached hydrogen (secondary N) is 2. The summed E-state index contributed by atoms with van der Waals surface area (Å²) >= 11 is 0. The summed E-state index contributed by atoms with van der Waals surface area (Å²) in [5.41, 5.74) is 0.879. The molecule has 0 aromatic heterocycles. The number of guanidine groups is 1. The molecular weight excluding hydrogens is 402 g/mol. The molecule has 1 saturated heterocycles. The molecule has 31 heavy (non-hydrogen) atoms. The molecule has 8 heteroatoms. The maximum Gasteiger partial charge on any atom is 0.272 e. The first-order chi connectivity index (χ1) is 15.0. The van der Waals surface area contributed by atoms with Crippen LogP contribution < -0.4 is 15.4 Å². The van der Waals surface area contributed by atoms with Crippen molar-refractivity contribution in [1.82, 2.24) is 15.5 Å². The van der Waals surface area contributed by atoms with Crippen LogP contribution in [0, 0.1) is 5.92 Å². The lowest BCUT2D eigenvalue weighted by atomic mass is 9.88. The number of rotatable bonds is 8. The normalized spacial score (nSPS) is 20.2. The molecule has 172 valence electrons. The standard InChI is InChI=1S/C23H34F2N4O2/c1-2-26-23(27-14-17-7-6-10-20(13-17)31-16-21(24)25)28-19-11-12-29(15-19)22(30)18-8-4-3-5-9-18/h6-7,10,13,18-19,21H,2-5,8-9,11-12,14-16H2,1H3,(H2,26,27,28). The number of halogens is 2. The molecule has 0 bridgehead atoms. The van der Waals surface area contributed by atoms with Crippen LogP contribution in [0.4, 0.5) is 8.78 Å². The number of likely N-dealkylation sites (tertiary alicyclic amines) is 1. The fraction of sp³-hybridized carbons (Fsp3) is 0.652. The van der Waals surface area contributed by atoms with Crippen LogP contribution in [0.25, 0.3) is 0 Å². The Hall–Kier alpha value is -2.38. The highest BCUT2D eigenvalue weighted by molar-refractivity contribution is 5.81. The average Bonchev–Trinajstić information content (AvgIpc) is 3.25. The fourth-order valence-electron chi connectivity index (χ4n) is 4.26. The first-order valence-corrected chi connectivity index (χ1v) is 11.4. The molecule has 1 unspecified atom stereocenters. The molecule has 0 radical (unpaired) electrons. The number of benzene rings is 1. The second-order valence-corrected chi connectivity index (χ2v) is 8.29. The minimum atomic E-state index is -2.50. The first-order valence-electron chi connectivity index (χ1n) is 11.4. The Labute approximate surface area is 183 Å². The maximum absolute atomic E-state index is 12.8. The van der Waals surface area contributed by atoms with Crippen LogP contribution in [0.2, 0.25) is 0 Å². The van der Waals surface area contributed by atoms with E-state index >= 15 is 0 Å². The number of hydrogen-bond acceptors (Lipinski definition) is 3. The lowest BCUT2D eigenvalue weighted by Gasteiger charge is -2.26. The van der Waals surface area contributed by atoms with Crippen LogP contribution >= 0.6 is 0 Å². The zero-order valence-corrected chi connectivity index (χ0v) is 18.3. The van der Waals surface area contributed by atoms with Crippen molar-refractivity contribution in [1.29, 1.82) is 0 Å². The van der Waals surface area contributed by atoms with Gasteiger partial charge in [-0.25, -0.2) is 13.8 Å². The third kappa shape index (κ3) is 7.36. The van der Waals surface area contributed by atoms with Gasteiger partial charge >= 0.3 is 0 Å². The van der Waals surface area contributed by atoms with Crippen molar-refractivity contribution in [3.8, 4) is 5.75 Å². The van der Waals surface area contributed by atoms with Crippen molar-refractivity contribution in [3.05, 3.63) is 29.8 Å². The van der Waals surface area contributed by atoms with E-state index in [0.717, 1.165) is 50.8 Å². The van der Waals surface area contributed by atoms with Crippen LogP contribution in [0.3, 0.4) is 0 Å². The van der Waals surface area contributed by atoms with Crippen molar-refractivity contribution in [2.45, 2.75) is 64.5 Å². The van der Waals surface area contributed by atoms with Gasteiger partial charge < -0.3 is 20.3 Å². The van der Waals surface area contributed by atoms with E-state index < -0.39 is 13.0 Å². The lowest BCUT2D eigenvalue weighted by Crippen LogP contribution is -2.45. The van der Waals surface area contributed by atoms with Crippen molar-refractivity contribution in [3.63, 3.8) is 0 Å². The van der Waals surface area contributed by atoms with E-state index in [9.17, 15) is 13.6 Å². The van der Waals surface area contributed by atoms with E-state index in [1.54, 1.807) is 18.2 Å². The molecule has 1 aliphatic carbocycles. The summed E-state index contributed by atoms with van der Waals surface area (Å²) < 4.78 is 29.8. The van der Waals surface area contributed by atoms with E-state index in [1.807, 2.05) is 17.9 Å². The van der Waals surface area contributed by atoms with Crippen LogP contribution in [0.15, 0.2) is 29.3 Å². The lowest BCUT2D eigenvalue weighted by molar-refractivity contribution is -0.135. The Bertz CT molecular complexity index is 738. The average molecular weight is 437 g/mol. The van der Waals surface area contributed by atoms with Crippen molar-refractivity contribution >= 4 is 11.9 Å². The number of carbonyl (C=O) groups is 1. The van der Waals surface area contributed by atoms with Crippen molar-refractivity contribution in [2.75, 3.05) is 26.2 Å². The number of alkyl halides is 2. The summed E-state index contributed by atoms with van der Waals surface area (Å²) in [6.07, 6.45) is 4.03. The van der Waals surface area contributed by atoms with Crippen LogP contribution in [0.1, 0.15) is 51.0 Å². The summed E-state index contributed by atoms with van der Waals surface area (Å²) in [5.74, 6) is 1.62. The summed E-state index contributed by atoms with van der Waals surface area (Å²) in [7, 11) is 0. The summed E-state index contributed by atoms with van der Waals surface area (Å²) in [5, 5.41) is 6.69. The van der Waals surface area contributed by atoms with E-state index in [4.69, 9.17) is 4.74 Å². The van der Waals surface area contributed by atoms with Crippen molar-refractivity contribution in [2.24, 2.45) is 10.9 Å². The van der Waals surface area contributed by atoms with Gasteiger partial charge in [-0.3, -0.25) is 4.79 Å². The second-order valence-electron chi connectivity index (χ2n) is 8.29. The van der Waals surface area contributed by atoms with Gasteiger partial charge in [0.2, 0.25) is 5.91 Å². The van der Waals surface area contributed by atoms with E-state index in [-0.39, 0.29) is 12.0 Å². The van der Waals surface area contributed by atoms with E-state index in [0.29, 0.717) is 30.7 Å². The molecular formula is C23H34F2N4O2. The molecule has 6 nitrogen and oxygen atoms in total. The Balaban J connectivity index is 1.53. The minimum absolute atomic E-state index is 0.172. The van der Waals surface area contributed by atoms with Gasteiger partial charge in [-0.1, -0.05) is 31.4 Å². The molecule has 1 amide bonds. The Kier molecular flexibility index (Phi) is 8.91. The van der Waals surface area contributed by atoms with Crippen molar-refractivity contribution < 1.29 is 18.3 Å². The molecule has 1 aliphatic heterocycles. The molecule has 1 atom stereocenters. The zero-order valence-electron chi connectivity index (χ0n) is 18.3. The second kappa shape index (κ2) is 11.9.